The number of aliphatic carboxylic acids is 1. The Labute approximate surface area is 213 Å². The van der Waals surface area contributed by atoms with Crippen LogP contribution >= 0.6 is 35.0 Å². The molecule has 1 aromatic heterocycles. The van der Waals surface area contributed by atoms with Crippen molar-refractivity contribution < 1.29 is 41.5 Å². The molecule has 0 spiro atoms. The molecule has 1 aromatic carbocycles. The van der Waals surface area contributed by atoms with E-state index in [1.165, 1.54) is 16.7 Å². The number of fused-ring (bicyclic) bond motifs is 1. The van der Waals surface area contributed by atoms with Gasteiger partial charge < -0.3 is 19.8 Å². The first kappa shape index (κ1) is 27.2. The van der Waals surface area contributed by atoms with Gasteiger partial charge in [-0.15, -0.1) is 11.8 Å². The van der Waals surface area contributed by atoms with E-state index in [1.807, 2.05) is 0 Å². The third-order valence-electron chi connectivity index (χ3n) is 5.25. The molecule has 4 N–H and O–H groups in total. The molecule has 4 rings (SSSR count). The molecule has 190 valence electrons. The van der Waals surface area contributed by atoms with Crippen LogP contribution in [-0.4, -0.2) is 72.7 Å². The zero-order valence-electron chi connectivity index (χ0n) is 18.2. The molecule has 0 bridgehead atoms. The van der Waals surface area contributed by atoms with E-state index in [-0.39, 0.29) is 17.0 Å². The number of thioether (sulfide) groups is 1. The van der Waals surface area contributed by atoms with Gasteiger partial charge in [0.05, 0.1) is 10.0 Å². The average molecular weight is 568 g/mol. The Bertz CT molecular complexity index is 1280. The molecule has 0 radical (unpaired) electrons. The maximum absolute atomic E-state index is 13.1. The van der Waals surface area contributed by atoms with E-state index in [1.54, 1.807) is 39.0 Å². The summed E-state index contributed by atoms with van der Waals surface area (Å²) in [7, 11) is -4.67. The fourth-order valence-electron chi connectivity index (χ4n) is 3.89. The molecule has 2 aliphatic rings. The number of aromatic nitrogens is 1. The normalized spacial score (nSPS) is 22.5. The lowest BCUT2D eigenvalue weighted by Gasteiger charge is -2.43. The van der Waals surface area contributed by atoms with Gasteiger partial charge in [0.15, 0.2) is 0 Å². The van der Waals surface area contributed by atoms with Crippen LogP contribution < -0.4 is 5.32 Å². The summed E-state index contributed by atoms with van der Waals surface area (Å²) in [5.41, 5.74) is 0.645. The molecule has 35 heavy (non-hydrogen) atoms. The first-order valence-electron chi connectivity index (χ1n) is 9.68. The van der Waals surface area contributed by atoms with E-state index >= 15 is 0 Å². The third kappa shape index (κ3) is 5.42. The molecule has 0 aliphatic carbocycles. The Hall–Kier alpha value is -2.36. The first-order valence-corrected chi connectivity index (χ1v) is 12.7. The van der Waals surface area contributed by atoms with Gasteiger partial charge in [-0.1, -0.05) is 34.4 Å². The summed E-state index contributed by atoms with van der Waals surface area (Å²) in [6.07, 6.45) is 0. The predicted octanol–water partition coefficient (Wildman–Crippen LogP) is 2.55. The Morgan fingerprint density at radius 3 is 2.29 bits per heavy atom. The van der Waals surface area contributed by atoms with E-state index in [4.69, 9.17) is 45.2 Å². The van der Waals surface area contributed by atoms with Crippen molar-refractivity contribution in [3.05, 3.63) is 39.6 Å². The standard InChI is InChI=1S/C19H17Cl2N3O5S.H2O4S/c1-7-10(12(23-29-7)11-8(20)5-4-6-9(11)21)15(25)22-13-16(26)24-14(18(27)28)19(2,3)30-17(13)24;1-5(2,3)4/h4-6,13-14,17H,1-3H3,(H,22,25)(H,27,28);(H2,1,2,3,4)/t13-,14+,17-;/m1./s1. The highest BCUT2D eigenvalue weighted by Crippen LogP contribution is 2.51. The van der Waals surface area contributed by atoms with Gasteiger partial charge in [0.1, 0.15) is 34.5 Å². The number of rotatable bonds is 4. The van der Waals surface area contributed by atoms with Crippen molar-refractivity contribution in [1.82, 2.24) is 15.4 Å². The second-order valence-electron chi connectivity index (χ2n) is 8.06. The largest absolute Gasteiger partial charge is 0.480 e. The SMILES string of the molecule is Cc1onc(-c2c(Cl)cccc2Cl)c1C(=O)N[C@@H]1C(=O)N2[C@@H]1SC(C)(C)[C@@H]2C(=O)O.O=S(=O)(O)O. The van der Waals surface area contributed by atoms with Crippen LogP contribution in [0.2, 0.25) is 10.0 Å². The lowest BCUT2D eigenvalue weighted by atomic mass is 9.95. The zero-order valence-corrected chi connectivity index (χ0v) is 21.4. The molecule has 2 saturated heterocycles. The minimum Gasteiger partial charge on any atom is -0.480 e. The molecule has 12 nitrogen and oxygen atoms in total. The molecular formula is C19H19Cl2N3O9S2. The van der Waals surface area contributed by atoms with Crippen LogP contribution in [0.4, 0.5) is 0 Å². The average Bonchev–Trinajstić information content (AvgIpc) is 3.19. The van der Waals surface area contributed by atoms with E-state index in [0.717, 1.165) is 0 Å². The Morgan fingerprint density at radius 2 is 1.77 bits per heavy atom. The first-order chi connectivity index (χ1) is 16.0. The number of nitrogens with one attached hydrogen (secondary N) is 1. The van der Waals surface area contributed by atoms with Crippen LogP contribution in [-0.2, 0) is 20.0 Å². The number of nitrogens with zero attached hydrogens (tertiary/aromatic N) is 2. The molecule has 2 aromatic rings. The van der Waals surface area contributed by atoms with Gasteiger partial charge in [-0.2, -0.15) is 8.42 Å². The maximum atomic E-state index is 13.1. The van der Waals surface area contributed by atoms with Crippen LogP contribution in [0.5, 0.6) is 0 Å². The molecule has 0 saturated carbocycles. The zero-order chi connectivity index (χ0) is 26.5. The lowest BCUT2D eigenvalue weighted by molar-refractivity contribution is -0.159. The molecule has 2 fully saturated rings. The highest BCUT2D eigenvalue weighted by atomic mass is 35.5. The lowest BCUT2D eigenvalue weighted by Crippen LogP contribution is -2.70. The van der Waals surface area contributed by atoms with Gasteiger partial charge in [0, 0.05) is 10.3 Å². The summed E-state index contributed by atoms with van der Waals surface area (Å²) < 4.78 is 36.1. The fraction of sp³-hybridized carbons (Fsp3) is 0.368. The van der Waals surface area contributed by atoms with Gasteiger partial charge in [0.25, 0.3) is 5.91 Å². The van der Waals surface area contributed by atoms with Gasteiger partial charge in [0.2, 0.25) is 5.91 Å². The molecule has 0 unspecified atom stereocenters. The fourth-order valence-corrected chi connectivity index (χ4v) is 6.09. The predicted molar refractivity (Wildman–Crippen MR) is 126 cm³/mol. The highest BCUT2D eigenvalue weighted by molar-refractivity contribution is 8.01. The molecule has 3 heterocycles. The van der Waals surface area contributed by atoms with Crippen LogP contribution in [0.3, 0.4) is 0 Å². The van der Waals surface area contributed by atoms with Crippen molar-refractivity contribution in [1.29, 1.82) is 0 Å². The van der Waals surface area contributed by atoms with Crippen molar-refractivity contribution in [2.75, 3.05) is 0 Å². The number of hydrogen-bond donors (Lipinski definition) is 4. The van der Waals surface area contributed by atoms with Crippen LogP contribution in [0.25, 0.3) is 11.3 Å². The maximum Gasteiger partial charge on any atom is 0.394 e. The van der Waals surface area contributed by atoms with Crippen LogP contribution in [0.15, 0.2) is 22.7 Å². The summed E-state index contributed by atoms with van der Waals surface area (Å²) in [5, 5.41) is 16.3. The Morgan fingerprint density at radius 1 is 1.23 bits per heavy atom. The minimum atomic E-state index is -4.67. The van der Waals surface area contributed by atoms with E-state index in [2.05, 4.69) is 10.5 Å². The number of benzene rings is 1. The highest BCUT2D eigenvalue weighted by Gasteiger charge is 2.64. The smallest absolute Gasteiger partial charge is 0.394 e. The number of carbonyl (C=O) groups is 3. The molecular weight excluding hydrogens is 549 g/mol. The van der Waals surface area contributed by atoms with E-state index in [0.29, 0.717) is 15.6 Å². The van der Waals surface area contributed by atoms with Crippen LogP contribution in [0.1, 0.15) is 30.0 Å². The summed E-state index contributed by atoms with van der Waals surface area (Å²) in [4.78, 5) is 38.7. The number of carboxylic acid groups (broad SMARTS) is 1. The van der Waals surface area contributed by atoms with Crippen molar-refractivity contribution in [2.24, 2.45) is 0 Å². The molecule has 2 amide bonds. The Kier molecular flexibility index (Phi) is 7.47. The van der Waals surface area contributed by atoms with Crippen molar-refractivity contribution in [3.63, 3.8) is 0 Å². The number of amides is 2. The second kappa shape index (κ2) is 9.59. The molecule has 16 heteroatoms. The van der Waals surface area contributed by atoms with E-state index in [9.17, 15) is 19.5 Å². The van der Waals surface area contributed by atoms with Gasteiger partial charge in [-0.05, 0) is 32.9 Å². The minimum absolute atomic E-state index is 0.119. The third-order valence-corrected chi connectivity index (χ3v) is 7.45. The van der Waals surface area contributed by atoms with Gasteiger partial charge >= 0.3 is 16.4 Å². The summed E-state index contributed by atoms with van der Waals surface area (Å²) in [5.74, 6) is -1.84. The van der Waals surface area contributed by atoms with Gasteiger partial charge in [-0.3, -0.25) is 18.7 Å². The number of hydrogen-bond acceptors (Lipinski definition) is 8. The number of halogens is 2. The topological polar surface area (TPSA) is 187 Å². The second-order valence-corrected chi connectivity index (χ2v) is 11.5. The van der Waals surface area contributed by atoms with Gasteiger partial charge in [-0.25, -0.2) is 4.79 Å². The quantitative estimate of drug-likeness (QED) is 0.314. The number of β-lactam (4-membered cyclic amide) rings is 1. The number of aryl methyl sites for hydroxylation is 1. The molecule has 2 aliphatic heterocycles. The summed E-state index contributed by atoms with van der Waals surface area (Å²) in [6, 6.07) is 3.09. The summed E-state index contributed by atoms with van der Waals surface area (Å²) >= 11 is 13.8. The Balaban J connectivity index is 0.000000623. The summed E-state index contributed by atoms with van der Waals surface area (Å²) in [6.45, 7) is 5.10. The number of carboxylic acids is 1. The van der Waals surface area contributed by atoms with Crippen molar-refractivity contribution in [2.45, 2.75) is 43.0 Å². The van der Waals surface area contributed by atoms with Crippen LogP contribution in [0, 0.1) is 6.92 Å². The van der Waals surface area contributed by atoms with Crippen molar-refractivity contribution >= 4 is 63.1 Å². The van der Waals surface area contributed by atoms with Crippen molar-refractivity contribution in [3.8, 4) is 11.3 Å². The monoisotopic (exact) mass is 567 g/mol. The molecule has 3 atom stereocenters. The van der Waals surface area contributed by atoms with E-state index < -0.39 is 50.4 Å². The number of carbonyl (C=O) groups excluding carboxylic acids is 2.